The van der Waals surface area contributed by atoms with Crippen molar-refractivity contribution in [1.82, 2.24) is 15.6 Å². The molecule has 7 heteroatoms. The Morgan fingerprint density at radius 1 is 1.35 bits per heavy atom. The maximum atomic E-state index is 12.3. The second kappa shape index (κ2) is 9.23. The van der Waals surface area contributed by atoms with Gasteiger partial charge in [-0.05, 0) is 26.3 Å². The number of carbonyl (C=O) groups excluding carboxylic acids is 1. The lowest BCUT2D eigenvalue weighted by Crippen LogP contribution is -2.37. The van der Waals surface area contributed by atoms with Crippen LogP contribution in [0.3, 0.4) is 0 Å². The number of aryl methyl sites for hydroxylation is 1. The summed E-state index contributed by atoms with van der Waals surface area (Å²) < 4.78 is 0. The van der Waals surface area contributed by atoms with Crippen LogP contribution >= 0.6 is 36.2 Å². The minimum Gasteiger partial charge on any atom is -0.350 e. The number of nitrogens with one attached hydrogen (secondary N) is 2. The number of thiazole rings is 1. The van der Waals surface area contributed by atoms with E-state index in [-0.39, 0.29) is 30.7 Å². The van der Waals surface area contributed by atoms with Crippen molar-refractivity contribution in [1.29, 1.82) is 0 Å². The molecule has 1 fully saturated rings. The first-order valence-corrected chi connectivity index (χ1v) is 8.10. The molecule has 1 aromatic heterocycles. The van der Waals surface area contributed by atoms with Crippen LogP contribution in [0.15, 0.2) is 30.3 Å². The molecule has 2 aromatic rings. The van der Waals surface area contributed by atoms with Crippen molar-refractivity contribution in [3.8, 4) is 10.6 Å². The first kappa shape index (κ1) is 19.9. The van der Waals surface area contributed by atoms with E-state index < -0.39 is 0 Å². The highest BCUT2D eigenvalue weighted by molar-refractivity contribution is 7.17. The zero-order valence-electron chi connectivity index (χ0n) is 12.9. The molecule has 0 radical (unpaired) electrons. The lowest BCUT2D eigenvalue weighted by Gasteiger charge is -2.10. The first-order valence-electron chi connectivity index (χ1n) is 7.28. The fourth-order valence-electron chi connectivity index (χ4n) is 2.54. The van der Waals surface area contributed by atoms with Gasteiger partial charge in [-0.2, -0.15) is 0 Å². The molecule has 23 heavy (non-hydrogen) atoms. The van der Waals surface area contributed by atoms with Gasteiger partial charge >= 0.3 is 0 Å². The molecule has 2 N–H and O–H groups in total. The molecule has 2 heterocycles. The Morgan fingerprint density at radius 2 is 2.09 bits per heavy atom. The third kappa shape index (κ3) is 4.91. The van der Waals surface area contributed by atoms with Gasteiger partial charge in [-0.25, -0.2) is 4.98 Å². The summed E-state index contributed by atoms with van der Waals surface area (Å²) in [5, 5.41) is 7.30. The summed E-state index contributed by atoms with van der Waals surface area (Å²) in [4.78, 5) is 17.5. The Balaban J connectivity index is 0.00000132. The molecule has 0 spiro atoms. The topological polar surface area (TPSA) is 54.0 Å². The summed E-state index contributed by atoms with van der Waals surface area (Å²) in [6.07, 6.45) is 2.33. The van der Waals surface area contributed by atoms with Crippen LogP contribution in [0.4, 0.5) is 0 Å². The predicted molar refractivity (Wildman–Crippen MR) is 100 cm³/mol. The molecule has 3 rings (SSSR count). The van der Waals surface area contributed by atoms with E-state index in [1.807, 2.05) is 37.3 Å². The first-order chi connectivity index (χ1) is 10.2. The summed E-state index contributed by atoms with van der Waals surface area (Å²) in [6.45, 7) is 3.64. The molecule has 1 atom stereocenters. The van der Waals surface area contributed by atoms with E-state index in [1.54, 1.807) is 0 Å². The molecule has 0 saturated carbocycles. The third-order valence-corrected chi connectivity index (χ3v) is 4.90. The predicted octanol–water partition coefficient (Wildman–Crippen LogP) is 3.44. The minimum atomic E-state index is -0.0131. The van der Waals surface area contributed by atoms with Gasteiger partial charge in [-0.3, -0.25) is 4.79 Å². The van der Waals surface area contributed by atoms with Gasteiger partial charge in [0.15, 0.2) is 0 Å². The Kier molecular flexibility index (Phi) is 7.99. The van der Waals surface area contributed by atoms with Gasteiger partial charge < -0.3 is 10.6 Å². The molecule has 1 aliphatic rings. The largest absolute Gasteiger partial charge is 0.350 e. The SMILES string of the molecule is Cc1nc(-c2ccccc2)sc1C(=O)NCC1CCCN1.Cl.Cl. The Bertz CT molecular complexity index is 628. The van der Waals surface area contributed by atoms with Crippen LogP contribution in [0.1, 0.15) is 28.2 Å². The minimum absolute atomic E-state index is 0. The number of amides is 1. The average Bonchev–Trinajstić information content (AvgIpc) is 3.15. The van der Waals surface area contributed by atoms with Gasteiger partial charge in [0.05, 0.1) is 5.69 Å². The summed E-state index contributed by atoms with van der Waals surface area (Å²) in [6, 6.07) is 10.4. The van der Waals surface area contributed by atoms with Crippen molar-refractivity contribution in [2.75, 3.05) is 13.1 Å². The molecular formula is C16H21Cl2N3OS. The molecule has 1 aromatic carbocycles. The van der Waals surface area contributed by atoms with Gasteiger partial charge in [0, 0.05) is 18.2 Å². The van der Waals surface area contributed by atoms with Crippen LogP contribution in [-0.2, 0) is 0 Å². The van der Waals surface area contributed by atoms with E-state index in [0.29, 0.717) is 17.5 Å². The Labute approximate surface area is 152 Å². The van der Waals surface area contributed by atoms with E-state index in [4.69, 9.17) is 0 Å². The average molecular weight is 374 g/mol. The van der Waals surface area contributed by atoms with Crippen molar-refractivity contribution in [2.24, 2.45) is 0 Å². The van der Waals surface area contributed by atoms with Crippen LogP contribution in [0.2, 0.25) is 0 Å². The van der Waals surface area contributed by atoms with E-state index in [1.165, 1.54) is 17.8 Å². The lowest BCUT2D eigenvalue weighted by molar-refractivity contribution is 0.0953. The summed E-state index contributed by atoms with van der Waals surface area (Å²) >= 11 is 1.46. The number of nitrogens with zero attached hydrogens (tertiary/aromatic N) is 1. The number of benzene rings is 1. The molecule has 1 aliphatic heterocycles. The van der Waals surface area contributed by atoms with E-state index in [0.717, 1.165) is 29.2 Å². The molecular weight excluding hydrogens is 353 g/mol. The second-order valence-corrected chi connectivity index (χ2v) is 6.30. The highest BCUT2D eigenvalue weighted by Gasteiger charge is 2.19. The number of hydrogen-bond donors (Lipinski definition) is 2. The fraction of sp³-hybridized carbons (Fsp3) is 0.375. The van der Waals surface area contributed by atoms with Crippen LogP contribution in [-0.4, -0.2) is 30.0 Å². The van der Waals surface area contributed by atoms with Crippen LogP contribution in [0.25, 0.3) is 10.6 Å². The summed E-state index contributed by atoms with van der Waals surface area (Å²) in [5.41, 5.74) is 1.86. The Morgan fingerprint density at radius 3 is 2.74 bits per heavy atom. The van der Waals surface area contributed by atoms with Gasteiger partial charge in [0.1, 0.15) is 9.88 Å². The smallest absolute Gasteiger partial charge is 0.263 e. The maximum Gasteiger partial charge on any atom is 0.263 e. The zero-order chi connectivity index (χ0) is 14.7. The number of halogens is 2. The van der Waals surface area contributed by atoms with Crippen LogP contribution < -0.4 is 10.6 Å². The van der Waals surface area contributed by atoms with Crippen LogP contribution in [0, 0.1) is 6.92 Å². The van der Waals surface area contributed by atoms with Crippen molar-refractivity contribution in [3.63, 3.8) is 0 Å². The lowest BCUT2D eigenvalue weighted by atomic mass is 10.2. The van der Waals surface area contributed by atoms with E-state index >= 15 is 0 Å². The monoisotopic (exact) mass is 373 g/mol. The van der Waals surface area contributed by atoms with Crippen molar-refractivity contribution in [3.05, 3.63) is 40.9 Å². The second-order valence-electron chi connectivity index (χ2n) is 5.30. The van der Waals surface area contributed by atoms with Crippen molar-refractivity contribution in [2.45, 2.75) is 25.8 Å². The van der Waals surface area contributed by atoms with E-state index in [2.05, 4.69) is 15.6 Å². The Hall–Kier alpha value is -1.14. The highest BCUT2D eigenvalue weighted by atomic mass is 35.5. The number of rotatable bonds is 4. The highest BCUT2D eigenvalue weighted by Crippen LogP contribution is 2.27. The van der Waals surface area contributed by atoms with Gasteiger partial charge in [0.2, 0.25) is 0 Å². The molecule has 0 bridgehead atoms. The zero-order valence-corrected chi connectivity index (χ0v) is 15.3. The quantitative estimate of drug-likeness (QED) is 0.862. The van der Waals surface area contributed by atoms with Gasteiger partial charge in [0.25, 0.3) is 5.91 Å². The molecule has 126 valence electrons. The molecule has 0 aliphatic carbocycles. The van der Waals surface area contributed by atoms with Crippen LogP contribution in [0.5, 0.6) is 0 Å². The van der Waals surface area contributed by atoms with Crippen molar-refractivity contribution >= 4 is 42.1 Å². The number of aromatic nitrogens is 1. The summed E-state index contributed by atoms with van der Waals surface area (Å²) in [7, 11) is 0. The van der Waals surface area contributed by atoms with E-state index in [9.17, 15) is 4.79 Å². The number of carbonyl (C=O) groups is 1. The fourth-order valence-corrected chi connectivity index (χ4v) is 3.53. The van der Waals surface area contributed by atoms with Gasteiger partial charge in [-0.15, -0.1) is 36.2 Å². The van der Waals surface area contributed by atoms with Crippen molar-refractivity contribution < 1.29 is 4.79 Å². The standard InChI is InChI=1S/C16H19N3OS.2ClH/c1-11-14(15(20)18-10-13-8-5-9-17-13)21-16(19-11)12-6-3-2-4-7-12;;/h2-4,6-7,13,17H,5,8-10H2,1H3,(H,18,20);2*1H. The molecule has 1 amide bonds. The molecule has 4 nitrogen and oxygen atoms in total. The molecule has 1 unspecified atom stereocenters. The van der Waals surface area contributed by atoms with Gasteiger partial charge in [-0.1, -0.05) is 30.3 Å². The normalized spacial score (nSPS) is 16.3. The maximum absolute atomic E-state index is 12.3. The molecule has 1 saturated heterocycles. The number of hydrogen-bond acceptors (Lipinski definition) is 4. The third-order valence-electron chi connectivity index (χ3n) is 3.69. The summed E-state index contributed by atoms with van der Waals surface area (Å²) in [5.74, 6) is -0.0131.